The number of hydrogen-bond acceptors (Lipinski definition) is 4. The van der Waals surface area contributed by atoms with E-state index in [-0.39, 0.29) is 10.5 Å². The van der Waals surface area contributed by atoms with Crippen LogP contribution in [0.2, 0.25) is 5.02 Å². The molecule has 0 radical (unpaired) electrons. The maximum absolute atomic E-state index is 12.6. The molecule has 2 aromatic carbocycles. The van der Waals surface area contributed by atoms with Gasteiger partial charge in [-0.05, 0) is 62.2 Å². The predicted molar refractivity (Wildman–Crippen MR) is 109 cm³/mol. The van der Waals surface area contributed by atoms with Gasteiger partial charge in [-0.25, -0.2) is 0 Å². The second-order valence-corrected chi connectivity index (χ2v) is 8.37. The summed E-state index contributed by atoms with van der Waals surface area (Å²) in [6, 6.07) is 9.79. The Kier molecular flexibility index (Phi) is 5.26. The van der Waals surface area contributed by atoms with Crippen LogP contribution >= 0.6 is 11.6 Å². The zero-order valence-electron chi connectivity index (χ0n) is 15.3. The molecule has 2 aromatic rings. The molecule has 0 saturated heterocycles. The first-order valence-electron chi connectivity index (χ1n) is 8.53. The van der Waals surface area contributed by atoms with Crippen molar-refractivity contribution in [3.63, 3.8) is 0 Å². The zero-order chi connectivity index (χ0) is 19.8. The van der Waals surface area contributed by atoms with Crippen LogP contribution in [0.25, 0.3) is 0 Å². The molecule has 3 rings (SSSR count). The van der Waals surface area contributed by atoms with Crippen LogP contribution in [0, 0.1) is 6.92 Å². The Labute approximate surface area is 163 Å². The van der Waals surface area contributed by atoms with E-state index in [1.165, 1.54) is 6.07 Å². The molecule has 1 amide bonds. The van der Waals surface area contributed by atoms with Gasteiger partial charge in [-0.3, -0.25) is 4.79 Å². The lowest BCUT2D eigenvalue weighted by molar-refractivity contribution is 0.102. The highest BCUT2D eigenvalue weighted by Crippen LogP contribution is 2.33. The van der Waals surface area contributed by atoms with Crippen molar-refractivity contribution in [2.45, 2.75) is 32.1 Å². The van der Waals surface area contributed by atoms with Crippen LogP contribution < -0.4 is 10.2 Å². The summed E-state index contributed by atoms with van der Waals surface area (Å²) in [5.74, 6) is 0.0325. The van der Waals surface area contributed by atoms with Crippen LogP contribution in [0.4, 0.5) is 11.4 Å². The van der Waals surface area contributed by atoms with Crippen molar-refractivity contribution < 1.29 is 13.2 Å². The van der Waals surface area contributed by atoms with Crippen molar-refractivity contribution in [1.29, 1.82) is 0 Å². The number of hydrogen-bond donors (Lipinski definition) is 1. The van der Waals surface area contributed by atoms with Crippen LogP contribution in [-0.2, 0) is 10.0 Å². The molecule has 27 heavy (non-hydrogen) atoms. The van der Waals surface area contributed by atoms with E-state index in [4.69, 9.17) is 11.6 Å². The molecule has 0 spiro atoms. The summed E-state index contributed by atoms with van der Waals surface area (Å²) in [5.41, 5.74) is 2.23. The summed E-state index contributed by atoms with van der Waals surface area (Å²) in [7, 11) is -3.84. The smallest absolute Gasteiger partial charge is 0.286 e. The Balaban J connectivity index is 1.97. The van der Waals surface area contributed by atoms with E-state index in [0.29, 0.717) is 28.8 Å². The SMILES string of the molecule is CCCN1C(C)=NS(=O)(=O)c2cc(C(=O)Nc3ccc(Cl)cc3C)ccc21. The number of carbonyl (C=O) groups is 1. The summed E-state index contributed by atoms with van der Waals surface area (Å²) in [5, 5.41) is 3.37. The number of amidine groups is 1. The molecule has 0 unspecified atom stereocenters. The number of carbonyl (C=O) groups excluding carboxylic acids is 1. The Morgan fingerprint density at radius 3 is 2.59 bits per heavy atom. The van der Waals surface area contributed by atoms with Crippen molar-refractivity contribution in [2.75, 3.05) is 16.8 Å². The normalized spacial score (nSPS) is 15.1. The van der Waals surface area contributed by atoms with Gasteiger partial charge in [-0.2, -0.15) is 8.42 Å². The number of amides is 1. The largest absolute Gasteiger partial charge is 0.328 e. The predicted octanol–water partition coefficient (Wildman–Crippen LogP) is 4.24. The fourth-order valence-corrected chi connectivity index (χ4v) is 4.49. The third-order valence-corrected chi connectivity index (χ3v) is 5.94. The monoisotopic (exact) mass is 405 g/mol. The first kappa shape index (κ1) is 19.4. The van der Waals surface area contributed by atoms with Crippen molar-refractivity contribution in [2.24, 2.45) is 4.40 Å². The average Bonchev–Trinajstić information content (AvgIpc) is 2.60. The Bertz CT molecular complexity index is 1050. The van der Waals surface area contributed by atoms with Crippen LogP contribution in [-0.4, -0.2) is 26.7 Å². The van der Waals surface area contributed by atoms with Crippen LogP contribution in [0.3, 0.4) is 0 Å². The minimum absolute atomic E-state index is 0.0435. The standard InChI is InChI=1S/C19H20ClN3O3S/c1-4-9-23-13(3)22-27(25,26)18-11-14(5-8-17(18)23)19(24)21-16-7-6-15(20)10-12(16)2/h5-8,10-11H,4,9H2,1-3H3,(H,21,24). The molecule has 1 heterocycles. The van der Waals surface area contributed by atoms with E-state index < -0.39 is 15.9 Å². The molecule has 0 bridgehead atoms. The lowest BCUT2D eigenvalue weighted by Gasteiger charge is -2.29. The van der Waals surface area contributed by atoms with E-state index in [1.54, 1.807) is 37.3 Å². The topological polar surface area (TPSA) is 78.8 Å². The maximum atomic E-state index is 12.6. The van der Waals surface area contributed by atoms with Gasteiger partial charge in [0.15, 0.2) is 0 Å². The minimum atomic E-state index is -3.84. The summed E-state index contributed by atoms with van der Waals surface area (Å²) in [6.07, 6.45) is 0.838. The Hall–Kier alpha value is -2.38. The van der Waals surface area contributed by atoms with Crippen molar-refractivity contribution >= 4 is 44.7 Å². The number of halogens is 1. The quantitative estimate of drug-likeness (QED) is 0.825. The third kappa shape index (κ3) is 3.84. The molecule has 0 aliphatic carbocycles. The van der Waals surface area contributed by atoms with E-state index in [1.807, 2.05) is 18.7 Å². The van der Waals surface area contributed by atoms with E-state index >= 15 is 0 Å². The number of fused-ring (bicyclic) bond motifs is 1. The molecule has 1 N–H and O–H groups in total. The number of anilines is 2. The number of nitrogens with one attached hydrogen (secondary N) is 1. The molecule has 1 aliphatic heterocycles. The fourth-order valence-electron chi connectivity index (χ4n) is 3.00. The fraction of sp³-hybridized carbons (Fsp3) is 0.263. The summed E-state index contributed by atoms with van der Waals surface area (Å²) in [6.45, 7) is 6.15. The van der Waals surface area contributed by atoms with Gasteiger partial charge in [0.2, 0.25) is 0 Å². The molecule has 8 heteroatoms. The van der Waals surface area contributed by atoms with Crippen molar-refractivity contribution in [3.05, 3.63) is 52.5 Å². The lowest BCUT2D eigenvalue weighted by Crippen LogP contribution is -2.34. The number of aryl methyl sites for hydroxylation is 1. The molecule has 6 nitrogen and oxygen atoms in total. The molecule has 142 valence electrons. The van der Waals surface area contributed by atoms with Gasteiger partial charge < -0.3 is 10.2 Å². The molecule has 1 aliphatic rings. The molecule has 0 saturated carbocycles. The highest BCUT2D eigenvalue weighted by atomic mass is 35.5. The summed E-state index contributed by atoms with van der Waals surface area (Å²) in [4.78, 5) is 14.5. The van der Waals surface area contributed by atoms with Crippen LogP contribution in [0.15, 0.2) is 45.7 Å². The highest BCUT2D eigenvalue weighted by Gasteiger charge is 2.29. The molecule has 0 atom stereocenters. The third-order valence-electron chi connectivity index (χ3n) is 4.32. The average molecular weight is 406 g/mol. The van der Waals surface area contributed by atoms with Gasteiger partial charge in [0.05, 0.1) is 5.69 Å². The number of rotatable bonds is 4. The molecule has 0 fully saturated rings. The van der Waals surface area contributed by atoms with E-state index in [0.717, 1.165) is 12.0 Å². The highest BCUT2D eigenvalue weighted by molar-refractivity contribution is 7.90. The lowest BCUT2D eigenvalue weighted by atomic mass is 10.1. The Morgan fingerprint density at radius 1 is 1.19 bits per heavy atom. The van der Waals surface area contributed by atoms with Gasteiger partial charge >= 0.3 is 0 Å². The first-order chi connectivity index (χ1) is 12.7. The van der Waals surface area contributed by atoms with Gasteiger partial charge in [0.25, 0.3) is 15.9 Å². The van der Waals surface area contributed by atoms with Gasteiger partial charge in [0.1, 0.15) is 10.7 Å². The summed E-state index contributed by atoms with van der Waals surface area (Å²) >= 11 is 5.94. The summed E-state index contributed by atoms with van der Waals surface area (Å²) < 4.78 is 28.8. The number of benzene rings is 2. The second-order valence-electron chi connectivity index (χ2n) is 6.36. The molecular formula is C19H20ClN3O3S. The van der Waals surface area contributed by atoms with Crippen molar-refractivity contribution in [1.82, 2.24) is 0 Å². The minimum Gasteiger partial charge on any atom is -0.328 e. The Morgan fingerprint density at radius 2 is 1.93 bits per heavy atom. The van der Waals surface area contributed by atoms with Crippen LogP contribution in [0.5, 0.6) is 0 Å². The molecular weight excluding hydrogens is 386 g/mol. The maximum Gasteiger partial charge on any atom is 0.286 e. The van der Waals surface area contributed by atoms with Gasteiger partial charge in [-0.1, -0.05) is 18.5 Å². The van der Waals surface area contributed by atoms with E-state index in [2.05, 4.69) is 9.71 Å². The van der Waals surface area contributed by atoms with Gasteiger partial charge in [0, 0.05) is 22.8 Å². The number of nitrogens with zero attached hydrogens (tertiary/aromatic N) is 2. The zero-order valence-corrected chi connectivity index (χ0v) is 16.9. The second kappa shape index (κ2) is 7.32. The van der Waals surface area contributed by atoms with Crippen LogP contribution in [0.1, 0.15) is 36.2 Å². The molecule has 0 aromatic heterocycles. The van der Waals surface area contributed by atoms with E-state index in [9.17, 15) is 13.2 Å². The first-order valence-corrected chi connectivity index (χ1v) is 10.4. The van der Waals surface area contributed by atoms with Gasteiger partial charge in [-0.15, -0.1) is 4.40 Å². The number of sulfonamides is 1. The van der Waals surface area contributed by atoms with Crippen molar-refractivity contribution in [3.8, 4) is 0 Å².